The first-order chi connectivity index (χ1) is 13.0. The third-order valence-electron chi connectivity index (χ3n) is 6.37. The van der Waals surface area contributed by atoms with Crippen LogP contribution in [0.1, 0.15) is 48.0 Å². The van der Waals surface area contributed by atoms with Gasteiger partial charge in [0.1, 0.15) is 5.82 Å². The lowest BCUT2D eigenvalue weighted by Crippen LogP contribution is -2.51. The zero-order chi connectivity index (χ0) is 19.0. The Labute approximate surface area is 172 Å². The highest BCUT2D eigenvalue weighted by molar-refractivity contribution is 5.94. The van der Waals surface area contributed by atoms with E-state index in [0.29, 0.717) is 61.7 Å². The van der Waals surface area contributed by atoms with E-state index < -0.39 is 0 Å². The third kappa shape index (κ3) is 4.49. The van der Waals surface area contributed by atoms with E-state index in [4.69, 9.17) is 0 Å². The van der Waals surface area contributed by atoms with Gasteiger partial charge in [-0.3, -0.25) is 9.59 Å². The number of hydrogen-bond donors (Lipinski definition) is 1. The largest absolute Gasteiger partial charge is 0.339 e. The van der Waals surface area contributed by atoms with Gasteiger partial charge in [-0.15, -0.1) is 12.4 Å². The molecule has 0 saturated carbocycles. The topological polar surface area (TPSA) is 52.7 Å². The zero-order valence-electron chi connectivity index (χ0n) is 16.3. The van der Waals surface area contributed by atoms with E-state index in [1.807, 2.05) is 4.90 Å². The predicted molar refractivity (Wildman–Crippen MR) is 108 cm³/mol. The first-order valence-corrected chi connectivity index (χ1v) is 10.1. The van der Waals surface area contributed by atoms with Gasteiger partial charge in [-0.05, 0) is 56.2 Å². The number of amides is 2. The van der Waals surface area contributed by atoms with E-state index in [1.165, 1.54) is 18.9 Å². The van der Waals surface area contributed by atoms with Crippen LogP contribution < -0.4 is 5.32 Å². The molecule has 1 aromatic carbocycles. The van der Waals surface area contributed by atoms with Crippen molar-refractivity contribution in [3.63, 3.8) is 0 Å². The van der Waals surface area contributed by atoms with Gasteiger partial charge in [-0.2, -0.15) is 0 Å². The number of nitrogens with zero attached hydrogens (tertiary/aromatic N) is 2. The number of carbonyl (C=O) groups is 2. The average Bonchev–Trinajstić information content (AvgIpc) is 3.01. The number of piperidine rings is 1. The molecule has 2 amide bonds. The van der Waals surface area contributed by atoms with Crippen molar-refractivity contribution in [1.29, 1.82) is 0 Å². The van der Waals surface area contributed by atoms with Gasteiger partial charge in [0.25, 0.3) is 5.91 Å². The van der Waals surface area contributed by atoms with Crippen LogP contribution in [0.3, 0.4) is 0 Å². The molecule has 4 rings (SSSR count). The maximum atomic E-state index is 13.7. The first kappa shape index (κ1) is 21.1. The van der Waals surface area contributed by atoms with Gasteiger partial charge in [-0.25, -0.2) is 4.39 Å². The molecule has 0 spiro atoms. The van der Waals surface area contributed by atoms with E-state index >= 15 is 0 Å². The minimum atomic E-state index is -0.356. The molecule has 28 heavy (non-hydrogen) atoms. The van der Waals surface area contributed by atoms with Gasteiger partial charge in [-0.1, -0.05) is 6.07 Å². The minimum Gasteiger partial charge on any atom is -0.339 e. The van der Waals surface area contributed by atoms with E-state index in [1.54, 1.807) is 24.0 Å². The fourth-order valence-corrected chi connectivity index (χ4v) is 4.79. The fraction of sp³-hybridized carbons (Fsp3) is 0.619. The second-order valence-electron chi connectivity index (χ2n) is 8.32. The predicted octanol–water partition coefficient (Wildman–Crippen LogP) is 2.76. The van der Waals surface area contributed by atoms with Crippen molar-refractivity contribution in [2.24, 2.45) is 5.92 Å². The highest BCUT2D eigenvalue weighted by Crippen LogP contribution is 2.33. The molecule has 2 unspecified atom stereocenters. The summed E-state index contributed by atoms with van der Waals surface area (Å²) in [6, 6.07) is 5.82. The Balaban J connectivity index is 0.00000225. The monoisotopic (exact) mass is 409 g/mol. The molecule has 2 atom stereocenters. The summed E-state index contributed by atoms with van der Waals surface area (Å²) in [7, 11) is 0. The average molecular weight is 410 g/mol. The van der Waals surface area contributed by atoms with Crippen molar-refractivity contribution in [3.05, 3.63) is 35.1 Å². The lowest BCUT2D eigenvalue weighted by atomic mass is 9.89. The Morgan fingerprint density at radius 2 is 1.68 bits per heavy atom. The summed E-state index contributed by atoms with van der Waals surface area (Å²) in [5.74, 6) is 0.197. The quantitative estimate of drug-likeness (QED) is 0.835. The molecule has 3 aliphatic heterocycles. The number of nitrogens with one attached hydrogen (secondary N) is 1. The number of halogens is 2. The molecule has 7 heteroatoms. The number of piperazine rings is 1. The van der Waals surface area contributed by atoms with Crippen molar-refractivity contribution in [1.82, 2.24) is 15.1 Å². The molecule has 0 radical (unpaired) electrons. The Morgan fingerprint density at radius 1 is 1.07 bits per heavy atom. The Bertz CT molecular complexity index is 724. The SMILES string of the molecule is Cc1ccc(C(=O)N2CCN(C(=O)CC3CC4CCC(C3)N4)CC2)cc1F.Cl. The lowest BCUT2D eigenvalue weighted by molar-refractivity contribution is -0.134. The molecule has 3 saturated heterocycles. The Morgan fingerprint density at radius 3 is 2.29 bits per heavy atom. The van der Waals surface area contributed by atoms with Crippen LogP contribution in [-0.4, -0.2) is 59.9 Å². The van der Waals surface area contributed by atoms with E-state index in [-0.39, 0.29) is 30.0 Å². The molecule has 0 aliphatic carbocycles. The van der Waals surface area contributed by atoms with E-state index in [2.05, 4.69) is 5.32 Å². The normalized spacial score (nSPS) is 26.7. The van der Waals surface area contributed by atoms with Crippen LogP contribution in [0.5, 0.6) is 0 Å². The van der Waals surface area contributed by atoms with Crippen LogP contribution in [0.2, 0.25) is 0 Å². The summed E-state index contributed by atoms with van der Waals surface area (Å²) >= 11 is 0. The second kappa shape index (κ2) is 8.78. The summed E-state index contributed by atoms with van der Waals surface area (Å²) in [5.41, 5.74) is 0.913. The standard InChI is InChI=1S/C21H28FN3O2.ClH/c1-14-2-3-16(13-19(14)22)21(27)25-8-6-24(7-9-25)20(26)12-15-10-17-4-5-18(11-15)23-17;/h2-3,13,15,17-18,23H,4-12H2,1H3;1H. The van der Waals surface area contributed by atoms with Gasteiger partial charge < -0.3 is 15.1 Å². The second-order valence-corrected chi connectivity index (χ2v) is 8.32. The molecular formula is C21H29ClFN3O2. The minimum absolute atomic E-state index is 0. The van der Waals surface area contributed by atoms with Crippen LogP contribution >= 0.6 is 12.4 Å². The maximum absolute atomic E-state index is 13.7. The van der Waals surface area contributed by atoms with Crippen LogP contribution in [-0.2, 0) is 4.79 Å². The van der Waals surface area contributed by atoms with Crippen molar-refractivity contribution in [2.75, 3.05) is 26.2 Å². The molecule has 0 aromatic heterocycles. The number of carbonyl (C=O) groups excluding carboxylic acids is 2. The van der Waals surface area contributed by atoms with Crippen molar-refractivity contribution >= 4 is 24.2 Å². The molecule has 1 aromatic rings. The number of hydrogen-bond acceptors (Lipinski definition) is 3. The summed E-state index contributed by atoms with van der Waals surface area (Å²) in [5, 5.41) is 3.62. The zero-order valence-corrected chi connectivity index (χ0v) is 17.1. The number of rotatable bonds is 3. The van der Waals surface area contributed by atoms with Gasteiger partial charge in [0.15, 0.2) is 0 Å². The highest BCUT2D eigenvalue weighted by atomic mass is 35.5. The molecule has 1 N–H and O–H groups in total. The van der Waals surface area contributed by atoms with Crippen LogP contribution in [0.25, 0.3) is 0 Å². The summed E-state index contributed by atoms with van der Waals surface area (Å²) in [4.78, 5) is 28.9. The number of aryl methyl sites for hydroxylation is 1. The highest BCUT2D eigenvalue weighted by Gasteiger charge is 2.35. The third-order valence-corrected chi connectivity index (χ3v) is 6.37. The molecule has 3 aliphatic rings. The van der Waals surface area contributed by atoms with Crippen molar-refractivity contribution < 1.29 is 14.0 Å². The van der Waals surface area contributed by atoms with Gasteiger partial charge in [0.2, 0.25) is 5.91 Å². The van der Waals surface area contributed by atoms with Crippen molar-refractivity contribution in [3.8, 4) is 0 Å². The summed E-state index contributed by atoms with van der Waals surface area (Å²) in [6.07, 6.45) is 5.34. The van der Waals surface area contributed by atoms with Crippen LogP contribution in [0, 0.1) is 18.7 Å². The summed E-state index contributed by atoms with van der Waals surface area (Å²) < 4.78 is 13.7. The Kier molecular flexibility index (Phi) is 6.61. The molecule has 2 bridgehead atoms. The van der Waals surface area contributed by atoms with Crippen LogP contribution in [0.4, 0.5) is 4.39 Å². The van der Waals surface area contributed by atoms with Gasteiger partial charge in [0.05, 0.1) is 0 Å². The molecule has 154 valence electrons. The number of benzene rings is 1. The first-order valence-electron chi connectivity index (χ1n) is 10.1. The summed E-state index contributed by atoms with van der Waals surface area (Å²) in [6.45, 7) is 3.84. The smallest absolute Gasteiger partial charge is 0.254 e. The fourth-order valence-electron chi connectivity index (χ4n) is 4.79. The Hall–Kier alpha value is -1.66. The van der Waals surface area contributed by atoms with E-state index in [9.17, 15) is 14.0 Å². The molecule has 3 heterocycles. The number of fused-ring (bicyclic) bond motifs is 2. The van der Waals surface area contributed by atoms with Crippen molar-refractivity contribution in [2.45, 2.75) is 51.1 Å². The molecule has 3 fully saturated rings. The van der Waals surface area contributed by atoms with Gasteiger partial charge >= 0.3 is 0 Å². The lowest BCUT2D eigenvalue weighted by Gasteiger charge is -2.36. The molecular weight excluding hydrogens is 381 g/mol. The van der Waals surface area contributed by atoms with Gasteiger partial charge in [0, 0.05) is 50.2 Å². The maximum Gasteiger partial charge on any atom is 0.254 e. The van der Waals surface area contributed by atoms with Crippen LogP contribution in [0.15, 0.2) is 18.2 Å². The molecule has 5 nitrogen and oxygen atoms in total. The van der Waals surface area contributed by atoms with E-state index in [0.717, 1.165) is 12.8 Å².